The maximum Gasteiger partial charge on any atom is 0.154 e. The maximum absolute atomic E-state index is 2.37. The van der Waals surface area contributed by atoms with Crippen molar-refractivity contribution in [1.82, 2.24) is 0 Å². The number of hydrogen-bond donors (Lipinski definition) is 0. The second kappa shape index (κ2) is 16.8. The van der Waals surface area contributed by atoms with E-state index in [1.165, 1.54) is 25.9 Å². The summed E-state index contributed by atoms with van der Waals surface area (Å²) < 4.78 is 1.31. The van der Waals surface area contributed by atoms with Gasteiger partial charge in [0.2, 0.25) is 0 Å². The van der Waals surface area contributed by atoms with Crippen LogP contribution in [-0.4, -0.2) is 38.7 Å². The Bertz CT molecular complexity index is 1250. The number of rotatable bonds is 5. The first-order valence-electron chi connectivity index (χ1n) is 14.8. The molecule has 5 aromatic carbocycles. The van der Waals surface area contributed by atoms with Crippen LogP contribution >= 0.6 is 0 Å². The van der Waals surface area contributed by atoms with Crippen LogP contribution in [0.1, 0.15) is 41.5 Å². The molecule has 5 aromatic rings. The van der Waals surface area contributed by atoms with Crippen LogP contribution in [-0.2, 0) is 0 Å². The molecule has 0 spiro atoms. The Morgan fingerprint density at radius 1 is 0.357 bits per heavy atom. The van der Waals surface area contributed by atoms with Crippen molar-refractivity contribution in [3.63, 3.8) is 0 Å². The third-order valence-electron chi connectivity index (χ3n) is 6.35. The molecule has 0 aromatic heterocycles. The molecule has 3 heteroatoms. The molecule has 214 valence electrons. The Morgan fingerprint density at radius 3 is 0.762 bits per heavy atom. The molecule has 0 saturated heterocycles. The van der Waals surface area contributed by atoms with Crippen LogP contribution in [0.25, 0.3) is 0 Å². The predicted molar refractivity (Wildman–Crippen MR) is 193 cm³/mol. The van der Waals surface area contributed by atoms with Gasteiger partial charge in [-0.3, -0.25) is 0 Å². The largest absolute Gasteiger partial charge is 0.154 e. The van der Waals surface area contributed by atoms with Crippen molar-refractivity contribution in [2.45, 2.75) is 55.0 Å². The minimum Gasteiger partial charge on any atom is -0.0628 e. The van der Waals surface area contributed by atoms with Crippen LogP contribution in [0.15, 0.2) is 152 Å². The summed E-state index contributed by atoms with van der Waals surface area (Å²) in [5, 5.41) is 7.26. The van der Waals surface area contributed by atoms with Gasteiger partial charge in [-0.25, -0.2) is 0 Å². The van der Waals surface area contributed by atoms with Gasteiger partial charge >= 0.3 is 69.5 Å². The van der Waals surface area contributed by atoms with E-state index in [0.29, 0.717) is 6.86 Å². The maximum atomic E-state index is 2.37. The van der Waals surface area contributed by atoms with Gasteiger partial charge in [0.25, 0.3) is 0 Å². The summed E-state index contributed by atoms with van der Waals surface area (Å²) in [5.41, 5.74) is 0. The Hall–Kier alpha value is -2.67. The molecule has 0 atom stereocenters. The first-order valence-corrected chi connectivity index (χ1v) is 21.2. The number of hydrogen-bond acceptors (Lipinski definition) is 0. The fourth-order valence-electron chi connectivity index (χ4n) is 4.98. The van der Waals surface area contributed by atoms with Gasteiger partial charge in [0.1, 0.15) is 8.80 Å². The summed E-state index contributed by atoms with van der Waals surface area (Å²) in [7, 11) is -1.42. The smallest absolute Gasteiger partial charge is 0.0628 e. The SMILES string of the molecule is C[C](C)(C)[Sn][C](C)(C)C.C[Si](c1ccccc1)c1ccccc1.c1ccc([Si](c2ccccc2)c2ccccc2)cc1. The molecule has 0 bridgehead atoms. The fourth-order valence-corrected chi connectivity index (χ4v) is 15.7. The normalized spacial score (nSPS) is 11.3. The molecule has 0 aliphatic rings. The van der Waals surface area contributed by atoms with E-state index < -0.39 is 17.6 Å². The molecule has 0 nitrogen and oxygen atoms in total. The molecule has 42 heavy (non-hydrogen) atoms. The van der Waals surface area contributed by atoms with E-state index in [0.717, 1.165) is 0 Å². The van der Waals surface area contributed by atoms with Crippen LogP contribution in [0, 0.1) is 0 Å². The quantitative estimate of drug-likeness (QED) is 0.135. The molecule has 0 unspecified atom stereocenters. The van der Waals surface area contributed by atoms with Crippen LogP contribution in [0.3, 0.4) is 0 Å². The third-order valence-corrected chi connectivity index (χ3v) is 15.8. The van der Waals surface area contributed by atoms with Gasteiger partial charge in [0.15, 0.2) is 8.80 Å². The van der Waals surface area contributed by atoms with E-state index in [1.807, 2.05) is 0 Å². The predicted octanol–water partition coefficient (Wildman–Crippen LogP) is 7.26. The van der Waals surface area contributed by atoms with Crippen molar-refractivity contribution in [1.29, 1.82) is 0 Å². The molecule has 0 heterocycles. The van der Waals surface area contributed by atoms with E-state index in [9.17, 15) is 0 Å². The van der Waals surface area contributed by atoms with Crippen molar-refractivity contribution < 1.29 is 0 Å². The van der Waals surface area contributed by atoms with Crippen LogP contribution in [0.4, 0.5) is 0 Å². The van der Waals surface area contributed by atoms with Crippen molar-refractivity contribution in [2.24, 2.45) is 0 Å². The third kappa shape index (κ3) is 12.3. The molecule has 0 fully saturated rings. The monoisotopic (exact) mass is 690 g/mol. The van der Waals surface area contributed by atoms with Gasteiger partial charge in [0, 0.05) is 0 Å². The second-order valence-corrected chi connectivity index (χ2v) is 26.6. The molecule has 0 saturated carbocycles. The van der Waals surface area contributed by atoms with Gasteiger partial charge in [-0.2, -0.15) is 0 Å². The van der Waals surface area contributed by atoms with Crippen LogP contribution in [0.2, 0.25) is 13.4 Å². The van der Waals surface area contributed by atoms with Crippen LogP contribution < -0.4 is 25.9 Å². The summed E-state index contributed by atoms with van der Waals surface area (Å²) in [4.78, 5) is 0. The van der Waals surface area contributed by atoms with Gasteiger partial charge in [-0.1, -0.05) is 184 Å². The molecule has 5 rings (SSSR count). The molecule has 0 N–H and O–H groups in total. The topological polar surface area (TPSA) is 0 Å². The van der Waals surface area contributed by atoms with Gasteiger partial charge in [0.05, 0.1) is 0 Å². The Labute approximate surface area is 269 Å². The van der Waals surface area contributed by atoms with E-state index in [2.05, 4.69) is 200 Å². The minimum absolute atomic E-state index is 0.182. The molecule has 0 aliphatic carbocycles. The van der Waals surface area contributed by atoms with Gasteiger partial charge < -0.3 is 0 Å². The molecule has 4 radical (unpaired) electrons. The van der Waals surface area contributed by atoms with E-state index in [1.54, 1.807) is 0 Å². The molecule has 0 aliphatic heterocycles. The second-order valence-electron chi connectivity index (χ2n) is 12.5. The Balaban J connectivity index is 0.000000186. The zero-order valence-electron chi connectivity index (χ0n) is 26.4. The number of benzene rings is 5. The zero-order chi connectivity index (χ0) is 30.4. The van der Waals surface area contributed by atoms with Crippen molar-refractivity contribution in [2.75, 3.05) is 0 Å². The van der Waals surface area contributed by atoms with Crippen molar-refractivity contribution in [3.8, 4) is 0 Å². The van der Waals surface area contributed by atoms with Crippen molar-refractivity contribution in [3.05, 3.63) is 152 Å². The first kappa shape index (κ1) is 33.8. The molecular formula is C39H46Si2Sn. The Kier molecular flexibility index (Phi) is 13.6. The first-order chi connectivity index (χ1) is 20.0. The van der Waals surface area contributed by atoms with E-state index in [4.69, 9.17) is 0 Å². The zero-order valence-corrected chi connectivity index (χ0v) is 31.3. The summed E-state index contributed by atoms with van der Waals surface area (Å²) in [6.07, 6.45) is 0. The minimum atomic E-state index is -0.877. The summed E-state index contributed by atoms with van der Waals surface area (Å²) >= 11 is -0.182. The average molecular weight is 690 g/mol. The van der Waals surface area contributed by atoms with Crippen molar-refractivity contribution >= 4 is 64.7 Å². The van der Waals surface area contributed by atoms with Gasteiger partial charge in [-0.05, 0) is 0 Å². The molecular weight excluding hydrogens is 643 g/mol. The van der Waals surface area contributed by atoms with E-state index >= 15 is 0 Å². The summed E-state index contributed by atoms with van der Waals surface area (Å²) in [5.74, 6) is 0. The standard InChI is InChI=1S/C18H15Si.C13H13Si.2C4H9.Sn/c1-4-10-16(11-5-1)19(17-12-6-2-7-13-17)18-14-8-3-9-15-18;1-14(12-8-4-2-5-9-12)13-10-6-3-7-11-13;2*1-4(2)3;/h1-15H;2-11H,1H3;2*1-3H3;. The van der Waals surface area contributed by atoms with E-state index in [-0.39, 0.29) is 21.1 Å². The summed E-state index contributed by atoms with van der Waals surface area (Å²) in [6.45, 7) is 16.5. The van der Waals surface area contributed by atoms with Gasteiger partial charge in [-0.15, -0.1) is 0 Å². The Morgan fingerprint density at radius 2 is 0.571 bits per heavy atom. The average Bonchev–Trinajstić information content (AvgIpc) is 2.98. The fraction of sp³-hybridized carbons (Fsp3) is 0.231. The van der Waals surface area contributed by atoms with Crippen LogP contribution in [0.5, 0.6) is 0 Å². The molecule has 0 amide bonds. The summed E-state index contributed by atoms with van der Waals surface area (Å²) in [6, 6.07) is 54.0.